The second-order valence-electron chi connectivity index (χ2n) is 13.0. The quantitative estimate of drug-likeness (QED) is 0.0802. The summed E-state index contributed by atoms with van der Waals surface area (Å²) in [5.74, 6) is -0.988. The first-order valence-corrected chi connectivity index (χ1v) is 21.7. The van der Waals surface area contributed by atoms with Crippen LogP contribution >= 0.6 is 22.6 Å². The van der Waals surface area contributed by atoms with Crippen molar-refractivity contribution < 1.29 is 52.8 Å². The van der Waals surface area contributed by atoms with Gasteiger partial charge in [0, 0.05) is 42.6 Å². The van der Waals surface area contributed by atoms with Crippen LogP contribution in [0.4, 0.5) is 43.4 Å². The third kappa shape index (κ3) is 9.33. The Bertz CT molecular complexity index is 2730. The Balaban J connectivity index is 0.000000228. The lowest BCUT2D eigenvalue weighted by molar-refractivity contribution is -0.141. The number of carbonyl (C=O) groups is 2. The average molecular weight is 994 g/mol. The van der Waals surface area contributed by atoms with Crippen LogP contribution < -0.4 is 16.4 Å². The molecule has 2 aromatic carbocycles. The third-order valence-corrected chi connectivity index (χ3v) is 13.3. The molecule has 320 valence electrons. The van der Waals surface area contributed by atoms with Gasteiger partial charge < -0.3 is 25.5 Å². The number of rotatable bonds is 8. The number of nitrogen functional groups attached to an aromatic ring is 1. The zero-order valence-corrected chi connectivity index (χ0v) is 36.0. The molecule has 0 aliphatic carbocycles. The van der Waals surface area contributed by atoms with E-state index in [0.717, 1.165) is 24.5 Å². The molecule has 4 aromatic heterocycles. The van der Waals surface area contributed by atoms with Crippen molar-refractivity contribution in [3.63, 3.8) is 0 Å². The van der Waals surface area contributed by atoms with Gasteiger partial charge in [-0.15, -0.1) is 0 Å². The summed E-state index contributed by atoms with van der Waals surface area (Å²) >= 11 is 1.94. The number of nitrogens with two attached hydrogens (primary N) is 1. The minimum atomic E-state index is -4.65. The molecule has 60 heavy (non-hydrogen) atoms. The van der Waals surface area contributed by atoms with Crippen molar-refractivity contribution in [2.24, 2.45) is 14.1 Å². The van der Waals surface area contributed by atoms with Gasteiger partial charge in [-0.3, -0.25) is 9.59 Å². The van der Waals surface area contributed by atoms with E-state index in [1.807, 2.05) is 22.6 Å². The predicted molar refractivity (Wildman–Crippen MR) is 219 cm³/mol. The number of pyridine rings is 2. The van der Waals surface area contributed by atoms with E-state index in [0.29, 0.717) is 14.8 Å². The van der Waals surface area contributed by atoms with Gasteiger partial charge in [0.2, 0.25) is 11.8 Å². The van der Waals surface area contributed by atoms with E-state index in [2.05, 4.69) is 30.6 Å². The van der Waals surface area contributed by atoms with Gasteiger partial charge in [-0.1, -0.05) is 13.8 Å². The fraction of sp³-hybridized carbons (Fsp3) is 0.278. The van der Waals surface area contributed by atoms with Crippen molar-refractivity contribution >= 4 is 93.2 Å². The number of aryl methyl sites for hydroxylation is 2. The van der Waals surface area contributed by atoms with Gasteiger partial charge in [-0.05, 0) is 59.0 Å². The first-order valence-electron chi connectivity index (χ1n) is 17.3. The van der Waals surface area contributed by atoms with Crippen LogP contribution in [0.1, 0.15) is 39.1 Å². The Morgan fingerprint density at radius 1 is 0.683 bits per heavy atom. The molecular formula is C36H34F6IN9O6S2. The first-order chi connectivity index (χ1) is 27.7. The monoisotopic (exact) mass is 993 g/mol. The summed E-state index contributed by atoms with van der Waals surface area (Å²) in [7, 11) is -4.44. The van der Waals surface area contributed by atoms with Gasteiger partial charge in [0.05, 0.1) is 72.8 Å². The molecule has 0 radical (unpaired) electrons. The Morgan fingerprint density at radius 3 is 1.45 bits per heavy atom. The van der Waals surface area contributed by atoms with Gasteiger partial charge in [-0.25, -0.2) is 36.8 Å². The summed E-state index contributed by atoms with van der Waals surface area (Å²) in [6.07, 6.45) is -7.19. The molecule has 0 atom stereocenters. The largest absolute Gasteiger partial charge is 0.433 e. The molecule has 2 amide bonds. The van der Waals surface area contributed by atoms with Gasteiger partial charge in [0.15, 0.2) is 19.7 Å². The van der Waals surface area contributed by atoms with Crippen LogP contribution in [0.15, 0.2) is 58.6 Å². The topological polar surface area (TPSA) is 214 Å². The average Bonchev–Trinajstić information content (AvgIpc) is 3.67. The molecule has 0 bridgehead atoms. The molecule has 0 fully saturated rings. The summed E-state index contributed by atoms with van der Waals surface area (Å²) in [5.41, 5.74) is 5.26. The molecule has 0 aliphatic rings. The summed E-state index contributed by atoms with van der Waals surface area (Å²) in [6, 6.07) is 7.05. The minimum absolute atomic E-state index is 0.000759. The number of anilines is 3. The highest BCUT2D eigenvalue weighted by Gasteiger charge is 2.35. The first kappa shape index (κ1) is 45.7. The lowest BCUT2D eigenvalue weighted by Gasteiger charge is -2.14. The van der Waals surface area contributed by atoms with E-state index >= 15 is 0 Å². The molecule has 0 saturated carbocycles. The van der Waals surface area contributed by atoms with E-state index in [4.69, 9.17) is 5.73 Å². The van der Waals surface area contributed by atoms with E-state index in [9.17, 15) is 52.8 Å². The standard InChI is InChI=1S/C18H16F3IN4O3S.C18H18F3N5O3S/c2*1-4-30(28,29)15-6-12(24-9(2)27)11(22)5-10(15)17-25-13-7-16(18(19,20)21)23-8-14(13)26(17)3/h5-8H,4H2,1-3H3,(H,24,27);5-8H,4,22H2,1-3H3,(H,24,27). The zero-order valence-electron chi connectivity index (χ0n) is 32.2. The number of aromatic nitrogens is 6. The summed E-state index contributed by atoms with van der Waals surface area (Å²) in [6.45, 7) is 5.47. The SMILES string of the molecule is CCS(=O)(=O)c1cc(NC(C)=O)c(I)cc1-c1nc2cc(C(F)(F)F)ncc2n1C.CCS(=O)(=O)c1cc(NC(C)=O)c(N)cc1-c1nc2cc(C(F)(F)F)ncc2n1C. The number of sulfone groups is 2. The van der Waals surface area contributed by atoms with Gasteiger partial charge in [-0.2, -0.15) is 26.3 Å². The van der Waals surface area contributed by atoms with Crippen LogP contribution in [0.5, 0.6) is 0 Å². The van der Waals surface area contributed by atoms with Crippen molar-refractivity contribution in [2.75, 3.05) is 27.9 Å². The number of nitrogens with one attached hydrogen (secondary N) is 2. The lowest BCUT2D eigenvalue weighted by atomic mass is 10.1. The smallest absolute Gasteiger partial charge is 0.397 e. The van der Waals surface area contributed by atoms with Crippen LogP contribution in [-0.4, -0.2) is 69.2 Å². The molecule has 15 nitrogen and oxygen atoms in total. The Kier molecular flexibility index (Phi) is 12.6. The molecule has 0 saturated heterocycles. The Morgan fingerprint density at radius 2 is 1.07 bits per heavy atom. The molecule has 0 unspecified atom stereocenters. The van der Waals surface area contributed by atoms with Crippen LogP contribution in [0.25, 0.3) is 44.8 Å². The number of imidazole rings is 2. The fourth-order valence-corrected chi connectivity index (χ4v) is 8.67. The molecule has 24 heteroatoms. The van der Waals surface area contributed by atoms with E-state index in [1.165, 1.54) is 68.1 Å². The van der Waals surface area contributed by atoms with Crippen molar-refractivity contribution in [2.45, 2.75) is 49.8 Å². The molecular weight excluding hydrogens is 959 g/mol. The summed E-state index contributed by atoms with van der Waals surface area (Å²) < 4.78 is 132. The molecule has 4 heterocycles. The number of amides is 2. The number of halogens is 7. The zero-order chi connectivity index (χ0) is 44.9. The second kappa shape index (κ2) is 16.6. The highest BCUT2D eigenvalue weighted by Crippen LogP contribution is 2.38. The molecule has 0 aliphatic heterocycles. The minimum Gasteiger partial charge on any atom is -0.397 e. The maximum atomic E-state index is 13.0. The van der Waals surface area contributed by atoms with Crippen molar-refractivity contribution in [3.8, 4) is 22.8 Å². The number of hydrogen-bond acceptors (Lipinski definition) is 11. The number of fused-ring (bicyclic) bond motifs is 2. The maximum absolute atomic E-state index is 13.0. The fourth-order valence-electron chi connectivity index (χ4n) is 5.88. The number of benzene rings is 2. The number of alkyl halides is 6. The van der Waals surface area contributed by atoms with E-state index in [1.54, 1.807) is 7.05 Å². The molecule has 6 rings (SSSR count). The van der Waals surface area contributed by atoms with Crippen LogP contribution in [-0.2, 0) is 55.7 Å². The predicted octanol–water partition coefficient (Wildman–Crippen LogP) is 7.00. The summed E-state index contributed by atoms with van der Waals surface area (Å²) in [4.78, 5) is 38.0. The molecule has 4 N–H and O–H groups in total. The maximum Gasteiger partial charge on any atom is 0.433 e. The van der Waals surface area contributed by atoms with Gasteiger partial charge in [0.25, 0.3) is 0 Å². The number of hydrogen-bond donors (Lipinski definition) is 3. The van der Waals surface area contributed by atoms with Crippen LogP contribution in [0.3, 0.4) is 0 Å². The highest BCUT2D eigenvalue weighted by atomic mass is 127. The van der Waals surface area contributed by atoms with Crippen molar-refractivity contribution in [3.05, 3.63) is 63.7 Å². The lowest BCUT2D eigenvalue weighted by Crippen LogP contribution is -2.12. The van der Waals surface area contributed by atoms with Crippen molar-refractivity contribution in [1.82, 2.24) is 29.1 Å². The Hall–Kier alpha value is -5.37. The molecule has 6 aromatic rings. The summed E-state index contributed by atoms with van der Waals surface area (Å²) in [5, 5.41) is 5.04. The normalized spacial score (nSPS) is 12.3. The third-order valence-electron chi connectivity index (χ3n) is 8.87. The van der Waals surface area contributed by atoms with E-state index < -0.39 is 49.3 Å². The van der Waals surface area contributed by atoms with E-state index in [-0.39, 0.29) is 77.9 Å². The van der Waals surface area contributed by atoms with Crippen LogP contribution in [0, 0.1) is 3.57 Å². The van der Waals surface area contributed by atoms with Gasteiger partial charge >= 0.3 is 12.4 Å². The number of carbonyl (C=O) groups excluding carboxylic acids is 2. The van der Waals surface area contributed by atoms with Crippen molar-refractivity contribution in [1.29, 1.82) is 0 Å². The number of nitrogens with zero attached hydrogens (tertiary/aromatic N) is 6. The van der Waals surface area contributed by atoms with Gasteiger partial charge in [0.1, 0.15) is 23.0 Å². The van der Waals surface area contributed by atoms with Crippen LogP contribution in [0.2, 0.25) is 0 Å². The second-order valence-corrected chi connectivity index (χ2v) is 18.7. The Labute approximate surface area is 351 Å². The highest BCUT2D eigenvalue weighted by molar-refractivity contribution is 14.1. The molecule has 0 spiro atoms.